The maximum Gasteiger partial charge on any atom is 0.151 e. The molecule has 112 valence electrons. The van der Waals surface area contributed by atoms with E-state index in [-0.39, 0.29) is 0 Å². The molecule has 1 heterocycles. The van der Waals surface area contributed by atoms with Gasteiger partial charge in [-0.2, -0.15) is 0 Å². The van der Waals surface area contributed by atoms with Gasteiger partial charge in [0.15, 0.2) is 5.76 Å². The molecule has 0 amide bonds. The fraction of sp³-hybridized carbons (Fsp3) is 0.471. The molecule has 1 aliphatic carbocycles. The number of rotatable bonds is 8. The maximum absolute atomic E-state index is 5.41. The van der Waals surface area contributed by atoms with Crippen LogP contribution >= 0.6 is 0 Å². The third kappa shape index (κ3) is 4.69. The van der Waals surface area contributed by atoms with E-state index >= 15 is 0 Å². The molecule has 0 radical (unpaired) electrons. The summed E-state index contributed by atoms with van der Waals surface area (Å²) < 4.78 is 5.41. The highest BCUT2D eigenvalue weighted by atomic mass is 16.5. The lowest BCUT2D eigenvalue weighted by Crippen LogP contribution is -2.20. The van der Waals surface area contributed by atoms with E-state index in [9.17, 15) is 0 Å². The first-order valence-electron chi connectivity index (χ1n) is 7.70. The van der Waals surface area contributed by atoms with Gasteiger partial charge in [0.25, 0.3) is 0 Å². The minimum absolute atomic E-state index is 0.707. The van der Waals surface area contributed by atoms with Crippen LogP contribution in [-0.4, -0.2) is 29.7 Å². The highest BCUT2D eigenvalue weighted by Crippen LogP contribution is 2.19. The summed E-state index contributed by atoms with van der Waals surface area (Å²) in [6.45, 7) is 2.64. The van der Waals surface area contributed by atoms with Gasteiger partial charge < -0.3 is 9.84 Å². The van der Waals surface area contributed by atoms with Gasteiger partial charge >= 0.3 is 0 Å². The fourth-order valence-electron chi connectivity index (χ4n) is 2.36. The lowest BCUT2D eigenvalue weighted by molar-refractivity contribution is 0.274. The Bertz CT molecular complexity index is 548. The normalized spacial score (nSPS) is 14.8. The van der Waals surface area contributed by atoms with E-state index in [0.717, 1.165) is 37.5 Å². The van der Waals surface area contributed by atoms with E-state index in [1.807, 2.05) is 0 Å². The quantitative estimate of drug-likeness (QED) is 0.809. The summed E-state index contributed by atoms with van der Waals surface area (Å²) in [6, 6.07) is 13.3. The number of benzene rings is 1. The van der Waals surface area contributed by atoms with Crippen LogP contribution in [-0.2, 0) is 19.5 Å². The third-order valence-corrected chi connectivity index (χ3v) is 3.81. The van der Waals surface area contributed by atoms with E-state index in [1.54, 1.807) is 0 Å². The van der Waals surface area contributed by atoms with E-state index in [0.29, 0.717) is 6.04 Å². The van der Waals surface area contributed by atoms with Gasteiger partial charge in [-0.05, 0) is 31.9 Å². The average Bonchev–Trinajstić information content (AvgIpc) is 3.24. The summed E-state index contributed by atoms with van der Waals surface area (Å²) in [5.74, 6) is 0.943. The molecule has 0 atom stereocenters. The van der Waals surface area contributed by atoms with E-state index in [4.69, 9.17) is 4.52 Å². The zero-order chi connectivity index (χ0) is 14.5. The molecule has 4 heteroatoms. The van der Waals surface area contributed by atoms with Gasteiger partial charge in [-0.1, -0.05) is 35.5 Å². The van der Waals surface area contributed by atoms with Crippen LogP contribution in [0.5, 0.6) is 0 Å². The average molecular weight is 285 g/mol. The van der Waals surface area contributed by atoms with Crippen LogP contribution < -0.4 is 5.32 Å². The number of nitrogens with one attached hydrogen (secondary N) is 1. The molecule has 0 saturated heterocycles. The molecule has 0 unspecified atom stereocenters. The van der Waals surface area contributed by atoms with E-state index < -0.39 is 0 Å². The molecule has 1 fully saturated rings. The molecule has 1 aromatic carbocycles. The van der Waals surface area contributed by atoms with Gasteiger partial charge in [0.2, 0.25) is 0 Å². The molecule has 3 rings (SSSR count). The van der Waals surface area contributed by atoms with Gasteiger partial charge in [0.1, 0.15) is 0 Å². The minimum atomic E-state index is 0.707. The van der Waals surface area contributed by atoms with Crippen molar-refractivity contribution >= 4 is 0 Å². The largest absolute Gasteiger partial charge is 0.360 e. The highest BCUT2D eigenvalue weighted by molar-refractivity contribution is 5.15. The van der Waals surface area contributed by atoms with Crippen molar-refractivity contribution in [3.63, 3.8) is 0 Å². The van der Waals surface area contributed by atoms with Gasteiger partial charge in [0, 0.05) is 25.2 Å². The standard InChI is InChI=1S/C17H23N3O/c1-20(10-9-14-5-3-2-4-6-14)13-17-11-16(19-21-17)12-18-15-7-8-15/h2-6,11,15,18H,7-10,12-13H2,1H3. The predicted octanol–water partition coefficient (Wildman–Crippen LogP) is 2.60. The molecule has 4 nitrogen and oxygen atoms in total. The van der Waals surface area contributed by atoms with Crippen molar-refractivity contribution in [2.24, 2.45) is 0 Å². The molecule has 1 N–H and O–H groups in total. The van der Waals surface area contributed by atoms with Crippen LogP contribution in [0.1, 0.15) is 29.9 Å². The summed E-state index contributed by atoms with van der Waals surface area (Å²) in [7, 11) is 2.12. The van der Waals surface area contributed by atoms with E-state index in [1.165, 1.54) is 18.4 Å². The van der Waals surface area contributed by atoms with Crippen molar-refractivity contribution in [3.8, 4) is 0 Å². The first-order valence-corrected chi connectivity index (χ1v) is 7.70. The van der Waals surface area contributed by atoms with Crippen LogP contribution in [0.25, 0.3) is 0 Å². The number of hydrogen-bond donors (Lipinski definition) is 1. The second-order valence-corrected chi connectivity index (χ2v) is 5.91. The summed E-state index contributed by atoms with van der Waals surface area (Å²) in [5, 5.41) is 7.57. The third-order valence-electron chi connectivity index (χ3n) is 3.81. The minimum Gasteiger partial charge on any atom is -0.360 e. The van der Waals surface area contributed by atoms with Gasteiger partial charge in [-0.25, -0.2) is 0 Å². The zero-order valence-electron chi connectivity index (χ0n) is 12.6. The van der Waals surface area contributed by atoms with E-state index in [2.05, 4.69) is 58.8 Å². The second kappa shape index (κ2) is 6.87. The lowest BCUT2D eigenvalue weighted by atomic mass is 10.1. The Balaban J connectivity index is 1.42. The first kappa shape index (κ1) is 14.3. The molecule has 1 saturated carbocycles. The Hall–Kier alpha value is -1.65. The summed E-state index contributed by atoms with van der Waals surface area (Å²) in [5.41, 5.74) is 2.38. The Kier molecular flexibility index (Phi) is 4.68. The molecule has 2 aromatic rings. The summed E-state index contributed by atoms with van der Waals surface area (Å²) in [6.07, 6.45) is 3.65. The van der Waals surface area contributed by atoms with Gasteiger partial charge in [-0.15, -0.1) is 0 Å². The number of nitrogens with zero attached hydrogens (tertiary/aromatic N) is 2. The van der Waals surface area contributed by atoms with Crippen molar-refractivity contribution in [1.29, 1.82) is 0 Å². The van der Waals surface area contributed by atoms with Gasteiger partial charge in [0.05, 0.1) is 12.2 Å². The number of aromatic nitrogens is 1. The van der Waals surface area contributed by atoms with Crippen LogP contribution in [0.15, 0.2) is 40.9 Å². The van der Waals surface area contributed by atoms with Crippen molar-refractivity contribution in [1.82, 2.24) is 15.4 Å². The van der Waals surface area contributed by atoms with Crippen molar-refractivity contribution < 1.29 is 4.52 Å². The molecular formula is C17H23N3O. The maximum atomic E-state index is 5.41. The second-order valence-electron chi connectivity index (χ2n) is 5.91. The zero-order valence-corrected chi connectivity index (χ0v) is 12.6. The monoisotopic (exact) mass is 285 g/mol. The number of likely N-dealkylation sites (N-methyl/N-ethyl adjacent to an activating group) is 1. The number of hydrogen-bond acceptors (Lipinski definition) is 4. The molecule has 0 bridgehead atoms. The predicted molar refractivity (Wildman–Crippen MR) is 82.8 cm³/mol. The van der Waals surface area contributed by atoms with Crippen molar-refractivity contribution in [2.75, 3.05) is 13.6 Å². The molecule has 21 heavy (non-hydrogen) atoms. The Labute approximate surface area is 126 Å². The van der Waals surface area contributed by atoms with Crippen molar-refractivity contribution in [2.45, 2.75) is 38.4 Å². The van der Waals surface area contributed by atoms with Crippen LogP contribution in [0.3, 0.4) is 0 Å². The molecule has 1 aliphatic rings. The van der Waals surface area contributed by atoms with Crippen LogP contribution in [0.4, 0.5) is 0 Å². The SMILES string of the molecule is CN(CCc1ccccc1)Cc1cc(CNC2CC2)no1. The smallest absolute Gasteiger partial charge is 0.151 e. The van der Waals surface area contributed by atoms with Gasteiger partial charge in [-0.3, -0.25) is 4.90 Å². The topological polar surface area (TPSA) is 41.3 Å². The lowest BCUT2D eigenvalue weighted by Gasteiger charge is -2.14. The van der Waals surface area contributed by atoms with Crippen LogP contribution in [0, 0.1) is 0 Å². The van der Waals surface area contributed by atoms with Crippen LogP contribution in [0.2, 0.25) is 0 Å². The Morgan fingerprint density at radius 2 is 2.10 bits per heavy atom. The first-order chi connectivity index (χ1) is 10.3. The molecule has 1 aromatic heterocycles. The molecule has 0 spiro atoms. The highest BCUT2D eigenvalue weighted by Gasteiger charge is 2.20. The summed E-state index contributed by atoms with van der Waals surface area (Å²) >= 11 is 0. The van der Waals surface area contributed by atoms with Crippen molar-refractivity contribution in [3.05, 3.63) is 53.4 Å². The molecule has 0 aliphatic heterocycles. The summed E-state index contributed by atoms with van der Waals surface area (Å²) in [4.78, 5) is 2.27. The Morgan fingerprint density at radius 1 is 1.29 bits per heavy atom. The molecular weight excluding hydrogens is 262 g/mol. The fourth-order valence-corrected chi connectivity index (χ4v) is 2.36. The Morgan fingerprint density at radius 3 is 2.86 bits per heavy atom.